The Balaban J connectivity index is 2.02. The number of benzene rings is 1. The fourth-order valence-electron chi connectivity index (χ4n) is 3.39. The molecule has 0 amide bonds. The highest BCUT2D eigenvalue weighted by molar-refractivity contribution is 6.42. The van der Waals surface area contributed by atoms with Gasteiger partial charge in [0.25, 0.3) is 5.69 Å². The third-order valence-corrected chi connectivity index (χ3v) is 5.18. The van der Waals surface area contributed by atoms with Crippen molar-refractivity contribution < 1.29 is 4.92 Å². The lowest BCUT2D eigenvalue weighted by molar-refractivity contribution is -0.384. The summed E-state index contributed by atoms with van der Waals surface area (Å²) >= 11 is 11.9. The lowest BCUT2D eigenvalue weighted by Gasteiger charge is -2.26. The molecule has 2 aliphatic rings. The maximum absolute atomic E-state index is 11.3. The van der Waals surface area contributed by atoms with E-state index >= 15 is 0 Å². The Kier molecular flexibility index (Phi) is 3.52. The number of halogens is 2. The third-order valence-electron chi connectivity index (χ3n) is 4.46. The number of nitro groups is 1. The van der Waals surface area contributed by atoms with Crippen LogP contribution in [-0.2, 0) is 0 Å². The van der Waals surface area contributed by atoms with Crippen LogP contribution in [0.1, 0.15) is 6.92 Å². The Hall–Kier alpha value is -1.04. The zero-order valence-electron chi connectivity index (χ0n) is 11.0. The number of anilines is 1. The lowest BCUT2D eigenvalue weighted by Crippen LogP contribution is -2.33. The monoisotopic (exact) mass is 315 g/mol. The molecule has 3 atom stereocenters. The van der Waals surface area contributed by atoms with Crippen LogP contribution >= 0.6 is 23.2 Å². The van der Waals surface area contributed by atoms with Crippen LogP contribution in [0.15, 0.2) is 12.1 Å². The number of rotatable bonds is 2. The molecule has 3 unspecified atom stereocenters. The van der Waals surface area contributed by atoms with Gasteiger partial charge >= 0.3 is 0 Å². The van der Waals surface area contributed by atoms with Gasteiger partial charge in [-0.25, -0.2) is 0 Å². The second-order valence-corrected chi connectivity index (χ2v) is 6.30. The average Bonchev–Trinajstić information content (AvgIpc) is 2.96. The van der Waals surface area contributed by atoms with E-state index in [1.54, 1.807) is 6.07 Å². The molecular weight excluding hydrogens is 301 g/mol. The lowest BCUT2D eigenvalue weighted by atomic mass is 9.95. The average molecular weight is 316 g/mol. The van der Waals surface area contributed by atoms with Gasteiger partial charge in [0, 0.05) is 31.7 Å². The van der Waals surface area contributed by atoms with Gasteiger partial charge in [-0.3, -0.25) is 10.1 Å². The molecule has 1 aromatic carbocycles. The second-order valence-electron chi connectivity index (χ2n) is 5.49. The van der Waals surface area contributed by atoms with Gasteiger partial charge in [-0.15, -0.1) is 0 Å². The first-order valence-electron chi connectivity index (χ1n) is 6.60. The molecule has 1 aromatic rings. The van der Waals surface area contributed by atoms with Gasteiger partial charge in [0.2, 0.25) is 0 Å². The number of nitrogens with zero attached hydrogens (tertiary/aromatic N) is 2. The molecule has 0 aliphatic carbocycles. The quantitative estimate of drug-likeness (QED) is 0.673. The first kappa shape index (κ1) is 13.9. The smallest absolute Gasteiger partial charge is 0.294 e. The van der Waals surface area contributed by atoms with Crippen LogP contribution < -0.4 is 10.2 Å². The van der Waals surface area contributed by atoms with Crippen LogP contribution in [0.2, 0.25) is 10.0 Å². The van der Waals surface area contributed by atoms with Gasteiger partial charge in [-0.1, -0.05) is 23.2 Å². The minimum atomic E-state index is -0.392. The highest BCUT2D eigenvalue weighted by Crippen LogP contribution is 2.42. The highest BCUT2D eigenvalue weighted by atomic mass is 35.5. The van der Waals surface area contributed by atoms with Crippen LogP contribution in [0.25, 0.3) is 0 Å². The number of hydrogen-bond donors (Lipinski definition) is 1. The Morgan fingerprint density at radius 1 is 1.35 bits per heavy atom. The minimum Gasteiger partial charge on any atom is -0.363 e. The van der Waals surface area contributed by atoms with Crippen LogP contribution in [0.4, 0.5) is 11.4 Å². The van der Waals surface area contributed by atoms with E-state index in [4.69, 9.17) is 23.2 Å². The summed E-state index contributed by atoms with van der Waals surface area (Å²) in [5.74, 6) is 1.07. The van der Waals surface area contributed by atoms with E-state index in [2.05, 4.69) is 17.1 Å². The van der Waals surface area contributed by atoms with Crippen molar-refractivity contribution in [1.29, 1.82) is 0 Å². The molecule has 20 heavy (non-hydrogen) atoms. The van der Waals surface area contributed by atoms with Crippen molar-refractivity contribution in [3.63, 3.8) is 0 Å². The molecule has 2 fully saturated rings. The van der Waals surface area contributed by atoms with Gasteiger partial charge in [-0.2, -0.15) is 0 Å². The zero-order chi connectivity index (χ0) is 14.4. The molecule has 0 saturated carbocycles. The van der Waals surface area contributed by atoms with E-state index in [9.17, 15) is 10.1 Å². The van der Waals surface area contributed by atoms with Crippen molar-refractivity contribution in [3.8, 4) is 0 Å². The molecule has 2 aliphatic heterocycles. The summed E-state index contributed by atoms with van der Waals surface area (Å²) in [6.45, 7) is 4.87. The molecular formula is C13H15Cl2N3O2. The zero-order valence-corrected chi connectivity index (χ0v) is 12.5. The molecule has 0 bridgehead atoms. The number of nitrogens with one attached hydrogen (secondary N) is 1. The Bertz CT molecular complexity index is 567. The van der Waals surface area contributed by atoms with Crippen molar-refractivity contribution in [3.05, 3.63) is 32.3 Å². The van der Waals surface area contributed by atoms with Crippen LogP contribution in [-0.4, -0.2) is 30.6 Å². The molecule has 0 radical (unpaired) electrons. The standard InChI is InChI=1S/C13H15Cl2N3O2/c1-7-9-5-16-4-8(9)6-17(7)12-2-10(14)11(15)3-13(12)18(19)20/h2-3,7-9,16H,4-6H2,1H3. The van der Waals surface area contributed by atoms with E-state index in [0.717, 1.165) is 19.6 Å². The van der Waals surface area contributed by atoms with Crippen LogP contribution in [0.3, 0.4) is 0 Å². The fourth-order valence-corrected chi connectivity index (χ4v) is 3.70. The molecule has 2 saturated heterocycles. The summed E-state index contributed by atoms with van der Waals surface area (Å²) in [4.78, 5) is 13.0. The van der Waals surface area contributed by atoms with Gasteiger partial charge in [0.05, 0.1) is 15.0 Å². The Morgan fingerprint density at radius 2 is 2.05 bits per heavy atom. The van der Waals surface area contributed by atoms with E-state index in [-0.39, 0.29) is 16.8 Å². The molecule has 108 valence electrons. The van der Waals surface area contributed by atoms with Crippen LogP contribution in [0.5, 0.6) is 0 Å². The molecule has 0 aromatic heterocycles. The number of hydrogen-bond acceptors (Lipinski definition) is 4. The summed E-state index contributed by atoms with van der Waals surface area (Å²) in [7, 11) is 0. The van der Waals surface area contributed by atoms with Crippen LogP contribution in [0, 0.1) is 22.0 Å². The number of fused-ring (bicyclic) bond motifs is 1. The van der Waals surface area contributed by atoms with Crippen molar-refractivity contribution >= 4 is 34.6 Å². The third kappa shape index (κ3) is 2.14. The van der Waals surface area contributed by atoms with Gasteiger partial charge in [0.15, 0.2) is 0 Å². The predicted octanol–water partition coefficient (Wildman–Crippen LogP) is 2.95. The largest absolute Gasteiger partial charge is 0.363 e. The first-order chi connectivity index (χ1) is 9.49. The first-order valence-corrected chi connectivity index (χ1v) is 7.35. The normalized spacial score (nSPS) is 28.8. The van der Waals surface area contributed by atoms with Gasteiger partial charge in [0.1, 0.15) is 5.69 Å². The Morgan fingerprint density at radius 3 is 2.70 bits per heavy atom. The van der Waals surface area contributed by atoms with Crippen molar-refractivity contribution in [2.75, 3.05) is 24.5 Å². The Labute approximate surface area is 127 Å². The fraction of sp³-hybridized carbons (Fsp3) is 0.538. The van der Waals surface area contributed by atoms with E-state index < -0.39 is 4.92 Å². The molecule has 5 nitrogen and oxygen atoms in total. The maximum atomic E-state index is 11.3. The highest BCUT2D eigenvalue weighted by Gasteiger charge is 2.43. The van der Waals surface area contributed by atoms with Crippen molar-refractivity contribution in [2.24, 2.45) is 11.8 Å². The van der Waals surface area contributed by atoms with Crippen molar-refractivity contribution in [1.82, 2.24) is 5.32 Å². The topological polar surface area (TPSA) is 58.4 Å². The minimum absolute atomic E-state index is 0.0270. The van der Waals surface area contributed by atoms with E-state index in [1.807, 2.05) is 0 Å². The molecule has 1 N–H and O–H groups in total. The molecule has 0 spiro atoms. The van der Waals surface area contributed by atoms with E-state index in [0.29, 0.717) is 22.5 Å². The predicted molar refractivity (Wildman–Crippen MR) is 79.8 cm³/mol. The van der Waals surface area contributed by atoms with Crippen molar-refractivity contribution in [2.45, 2.75) is 13.0 Å². The van der Waals surface area contributed by atoms with Gasteiger partial charge in [-0.05, 0) is 24.8 Å². The summed E-state index contributed by atoms with van der Waals surface area (Å²) < 4.78 is 0. The summed E-state index contributed by atoms with van der Waals surface area (Å²) in [5.41, 5.74) is 0.602. The second kappa shape index (κ2) is 5.06. The summed E-state index contributed by atoms with van der Waals surface area (Å²) in [6.07, 6.45) is 0. The van der Waals surface area contributed by atoms with Gasteiger partial charge < -0.3 is 10.2 Å². The maximum Gasteiger partial charge on any atom is 0.294 e. The SMILES string of the molecule is CC1C2CNCC2CN1c1cc(Cl)c(Cl)cc1[N+](=O)[O-]. The molecule has 3 rings (SSSR count). The summed E-state index contributed by atoms with van der Waals surface area (Å²) in [5, 5.41) is 15.2. The van der Waals surface area contributed by atoms with E-state index in [1.165, 1.54) is 6.07 Å². The molecule has 7 heteroatoms. The number of nitro benzene ring substituents is 1. The summed E-state index contributed by atoms with van der Waals surface area (Å²) in [6, 6.07) is 3.22. The molecule has 2 heterocycles.